The summed E-state index contributed by atoms with van der Waals surface area (Å²) < 4.78 is 5.70. The van der Waals surface area contributed by atoms with Crippen LogP contribution >= 0.6 is 11.8 Å². The molecule has 0 amide bonds. The third-order valence-corrected chi connectivity index (χ3v) is 3.84. The second-order valence-electron chi connectivity index (χ2n) is 3.68. The first-order chi connectivity index (χ1) is 6.86. The highest BCUT2D eigenvalue weighted by molar-refractivity contribution is 7.99. The van der Waals surface area contributed by atoms with Crippen LogP contribution in [0.15, 0.2) is 29.2 Å². The summed E-state index contributed by atoms with van der Waals surface area (Å²) in [6.07, 6.45) is 3.73. The maximum absolute atomic E-state index is 5.70. The molecule has 14 heavy (non-hydrogen) atoms. The van der Waals surface area contributed by atoms with Gasteiger partial charge in [0, 0.05) is 11.5 Å². The number of hydrogen-bond donors (Lipinski definition) is 0. The van der Waals surface area contributed by atoms with E-state index in [4.69, 9.17) is 4.74 Å². The Morgan fingerprint density at radius 3 is 2.86 bits per heavy atom. The van der Waals surface area contributed by atoms with Crippen molar-refractivity contribution in [2.24, 2.45) is 0 Å². The van der Waals surface area contributed by atoms with Gasteiger partial charge in [-0.25, -0.2) is 0 Å². The summed E-state index contributed by atoms with van der Waals surface area (Å²) in [5.41, 5.74) is 1.73. The van der Waals surface area contributed by atoms with Gasteiger partial charge in [-0.3, -0.25) is 0 Å². The second-order valence-corrected chi connectivity index (χ2v) is 4.88. The maximum Gasteiger partial charge on any atom is 0.107 e. The fourth-order valence-corrected chi connectivity index (χ4v) is 2.78. The topological polar surface area (TPSA) is 9.23 Å². The molecule has 0 saturated carbocycles. The van der Waals surface area contributed by atoms with E-state index in [1.54, 1.807) is 0 Å². The Labute approximate surface area is 89.9 Å². The van der Waals surface area contributed by atoms with Crippen molar-refractivity contribution < 1.29 is 4.74 Å². The van der Waals surface area contributed by atoms with Crippen LogP contribution in [0.2, 0.25) is 0 Å². The van der Waals surface area contributed by atoms with Crippen molar-refractivity contribution in [1.82, 2.24) is 0 Å². The van der Waals surface area contributed by atoms with Gasteiger partial charge in [-0.15, -0.1) is 0 Å². The molecular weight excluding hydrogens is 192 g/mol. The van der Waals surface area contributed by atoms with Gasteiger partial charge in [-0.05, 0) is 37.8 Å². The lowest BCUT2D eigenvalue weighted by Crippen LogP contribution is -2.15. The summed E-state index contributed by atoms with van der Waals surface area (Å²) in [4.78, 5) is 1.36. The van der Waals surface area contributed by atoms with Crippen molar-refractivity contribution in [2.75, 3.05) is 6.61 Å². The maximum atomic E-state index is 5.70. The molecule has 0 unspecified atom stereocenters. The zero-order chi connectivity index (χ0) is 9.80. The van der Waals surface area contributed by atoms with Gasteiger partial charge >= 0.3 is 0 Å². The lowest BCUT2D eigenvalue weighted by Gasteiger charge is -2.22. The smallest absolute Gasteiger partial charge is 0.107 e. The van der Waals surface area contributed by atoms with Crippen molar-refractivity contribution >= 4 is 11.8 Å². The number of ether oxygens (including phenoxy) is 1. The van der Waals surface area contributed by atoms with Crippen LogP contribution in [0.3, 0.4) is 0 Å². The molecule has 1 aliphatic rings. The van der Waals surface area contributed by atoms with Crippen LogP contribution in [-0.2, 0) is 4.74 Å². The van der Waals surface area contributed by atoms with Gasteiger partial charge in [0.15, 0.2) is 0 Å². The van der Waals surface area contributed by atoms with Crippen LogP contribution in [0.5, 0.6) is 0 Å². The van der Waals surface area contributed by atoms with E-state index in [2.05, 4.69) is 31.2 Å². The van der Waals surface area contributed by atoms with Crippen LogP contribution < -0.4 is 0 Å². The molecule has 1 nitrogen and oxygen atoms in total. The SMILES string of the molecule is Cc1ccccc1S[C@H]1CCCCO1. The average molecular weight is 208 g/mol. The van der Waals surface area contributed by atoms with E-state index in [9.17, 15) is 0 Å². The standard InChI is InChI=1S/C12H16OS/c1-10-6-2-3-7-11(10)14-12-8-4-5-9-13-12/h2-3,6-7,12H,4-5,8-9H2,1H3/t12-/m0/s1. The summed E-state index contributed by atoms with van der Waals surface area (Å²) in [5, 5.41) is 0. The third-order valence-electron chi connectivity index (χ3n) is 2.49. The molecule has 0 bridgehead atoms. The zero-order valence-electron chi connectivity index (χ0n) is 8.53. The Kier molecular flexibility index (Phi) is 3.49. The van der Waals surface area contributed by atoms with Gasteiger partial charge in [0.1, 0.15) is 5.44 Å². The number of hydrogen-bond acceptors (Lipinski definition) is 2. The van der Waals surface area contributed by atoms with Crippen molar-refractivity contribution in [3.8, 4) is 0 Å². The molecule has 0 N–H and O–H groups in total. The summed E-state index contributed by atoms with van der Waals surface area (Å²) in [6, 6.07) is 8.52. The number of rotatable bonds is 2. The summed E-state index contributed by atoms with van der Waals surface area (Å²) >= 11 is 1.87. The van der Waals surface area contributed by atoms with Gasteiger partial charge in [-0.1, -0.05) is 30.0 Å². The predicted molar refractivity (Wildman–Crippen MR) is 60.6 cm³/mol. The van der Waals surface area contributed by atoms with Crippen LogP contribution in [0.25, 0.3) is 0 Å². The molecule has 1 saturated heterocycles. The Bertz CT molecular complexity index is 292. The number of thioether (sulfide) groups is 1. The molecule has 0 aromatic heterocycles. The Hall–Kier alpha value is -0.470. The van der Waals surface area contributed by atoms with E-state index in [-0.39, 0.29) is 0 Å². The molecule has 76 valence electrons. The Balaban J connectivity index is 1.99. The van der Waals surface area contributed by atoms with Gasteiger partial charge < -0.3 is 4.74 Å². The molecule has 1 aromatic carbocycles. The summed E-state index contributed by atoms with van der Waals surface area (Å²) in [6.45, 7) is 3.09. The molecule has 1 aliphatic heterocycles. The van der Waals surface area contributed by atoms with Crippen molar-refractivity contribution in [2.45, 2.75) is 36.5 Å². The highest BCUT2D eigenvalue weighted by atomic mass is 32.2. The molecular formula is C12H16OS. The quantitative estimate of drug-likeness (QED) is 0.734. The van der Waals surface area contributed by atoms with Crippen LogP contribution in [0.1, 0.15) is 24.8 Å². The molecule has 1 atom stereocenters. The first kappa shape index (κ1) is 10.1. The molecule has 0 spiro atoms. The lowest BCUT2D eigenvalue weighted by molar-refractivity contribution is 0.0728. The second kappa shape index (κ2) is 4.85. The Morgan fingerprint density at radius 2 is 2.14 bits per heavy atom. The van der Waals surface area contributed by atoms with E-state index < -0.39 is 0 Å². The predicted octanol–water partition coefficient (Wildman–Crippen LogP) is 3.61. The van der Waals surface area contributed by atoms with E-state index in [1.807, 2.05) is 11.8 Å². The van der Waals surface area contributed by atoms with E-state index in [1.165, 1.54) is 29.7 Å². The first-order valence-corrected chi connectivity index (χ1v) is 6.08. The fraction of sp³-hybridized carbons (Fsp3) is 0.500. The lowest BCUT2D eigenvalue weighted by atomic mass is 10.2. The summed E-state index contributed by atoms with van der Waals surface area (Å²) in [5.74, 6) is 0. The molecule has 2 heteroatoms. The highest BCUT2D eigenvalue weighted by Crippen LogP contribution is 2.31. The molecule has 0 radical (unpaired) electrons. The van der Waals surface area contributed by atoms with E-state index in [0.717, 1.165) is 6.61 Å². The van der Waals surface area contributed by atoms with E-state index in [0.29, 0.717) is 5.44 Å². The highest BCUT2D eigenvalue weighted by Gasteiger charge is 2.15. The number of aryl methyl sites for hydroxylation is 1. The van der Waals surface area contributed by atoms with Crippen molar-refractivity contribution in [3.05, 3.63) is 29.8 Å². The molecule has 1 fully saturated rings. The minimum absolute atomic E-state index is 0.379. The normalized spacial score (nSPS) is 22.2. The molecule has 0 aliphatic carbocycles. The minimum atomic E-state index is 0.379. The number of benzene rings is 1. The van der Waals surface area contributed by atoms with Gasteiger partial charge in [0.2, 0.25) is 0 Å². The first-order valence-electron chi connectivity index (χ1n) is 5.20. The third kappa shape index (κ3) is 2.52. The monoisotopic (exact) mass is 208 g/mol. The van der Waals surface area contributed by atoms with Gasteiger partial charge in [-0.2, -0.15) is 0 Å². The summed E-state index contributed by atoms with van der Waals surface area (Å²) in [7, 11) is 0. The van der Waals surface area contributed by atoms with Crippen molar-refractivity contribution in [3.63, 3.8) is 0 Å². The van der Waals surface area contributed by atoms with Crippen LogP contribution in [0.4, 0.5) is 0 Å². The molecule has 1 aromatic rings. The molecule has 1 heterocycles. The van der Waals surface area contributed by atoms with Gasteiger partial charge in [0.05, 0.1) is 0 Å². The average Bonchev–Trinajstić information content (AvgIpc) is 2.23. The van der Waals surface area contributed by atoms with E-state index >= 15 is 0 Å². The van der Waals surface area contributed by atoms with Crippen LogP contribution in [-0.4, -0.2) is 12.0 Å². The Morgan fingerprint density at radius 1 is 1.29 bits per heavy atom. The van der Waals surface area contributed by atoms with Crippen LogP contribution in [0, 0.1) is 6.92 Å². The largest absolute Gasteiger partial charge is 0.367 e. The fourth-order valence-electron chi connectivity index (χ4n) is 1.63. The van der Waals surface area contributed by atoms with Gasteiger partial charge in [0.25, 0.3) is 0 Å². The zero-order valence-corrected chi connectivity index (χ0v) is 9.35. The minimum Gasteiger partial charge on any atom is -0.367 e. The van der Waals surface area contributed by atoms with Crippen molar-refractivity contribution in [1.29, 1.82) is 0 Å². The molecule has 2 rings (SSSR count).